The summed E-state index contributed by atoms with van der Waals surface area (Å²) in [5.41, 5.74) is 4.67. The number of aryl methyl sites for hydroxylation is 2. The van der Waals surface area contributed by atoms with Crippen molar-refractivity contribution in [1.82, 2.24) is 19.3 Å². The highest BCUT2D eigenvalue weighted by Crippen LogP contribution is 2.55. The summed E-state index contributed by atoms with van der Waals surface area (Å²) in [5.74, 6) is -0.00871. The van der Waals surface area contributed by atoms with Crippen molar-refractivity contribution in [1.29, 1.82) is 5.26 Å². The van der Waals surface area contributed by atoms with Gasteiger partial charge in [0.15, 0.2) is 0 Å². The van der Waals surface area contributed by atoms with Gasteiger partial charge in [0.2, 0.25) is 5.95 Å². The number of fused-ring (bicyclic) bond motifs is 1. The molecule has 10 nitrogen and oxygen atoms in total. The lowest BCUT2D eigenvalue weighted by molar-refractivity contribution is 0.0875. The molecular formula is C31H28ClN6O4P. The quantitative estimate of drug-likeness (QED) is 0.211. The highest BCUT2D eigenvalue weighted by atomic mass is 35.5. The van der Waals surface area contributed by atoms with Gasteiger partial charge in [-0.15, -0.1) is 0 Å². The van der Waals surface area contributed by atoms with Gasteiger partial charge < -0.3 is 9.09 Å². The van der Waals surface area contributed by atoms with E-state index in [9.17, 15) is 14.6 Å². The van der Waals surface area contributed by atoms with E-state index >= 15 is 0 Å². The van der Waals surface area contributed by atoms with Crippen molar-refractivity contribution in [3.63, 3.8) is 0 Å². The molecule has 0 radical (unpaired) electrons. The average Bonchev–Trinajstić information content (AvgIpc) is 3.56. The number of imidazole rings is 1. The summed E-state index contributed by atoms with van der Waals surface area (Å²) in [5, 5.41) is 17.7. The van der Waals surface area contributed by atoms with Crippen molar-refractivity contribution in [2.45, 2.75) is 39.5 Å². The van der Waals surface area contributed by atoms with Crippen molar-refractivity contribution >= 4 is 47.4 Å². The number of nitriles is 1. The molecule has 1 aliphatic rings. The second-order valence-corrected chi connectivity index (χ2v) is 12.6. The van der Waals surface area contributed by atoms with Crippen LogP contribution < -0.4 is 10.6 Å². The lowest BCUT2D eigenvalue weighted by Gasteiger charge is -2.30. The molecule has 0 spiro atoms. The number of anilines is 1. The Hall–Kier alpha value is -4.26. The zero-order valence-corrected chi connectivity index (χ0v) is 25.2. The summed E-state index contributed by atoms with van der Waals surface area (Å²) in [6.07, 6.45) is 0.170. The molecule has 2 unspecified atom stereocenters. The Morgan fingerprint density at radius 1 is 1.16 bits per heavy atom. The monoisotopic (exact) mass is 614 g/mol. The number of halogens is 1. The van der Waals surface area contributed by atoms with Gasteiger partial charge >= 0.3 is 7.60 Å². The average molecular weight is 615 g/mol. The van der Waals surface area contributed by atoms with Gasteiger partial charge in [-0.05, 0) is 73.5 Å². The fourth-order valence-electron chi connectivity index (χ4n) is 5.16. The molecule has 218 valence electrons. The standard InChI is InChI=1S/C31H28ClN6O4P/c1-3-38-28(15-20(2)36-38)30(39)35-31-34-26-16-22(18-33)9-12-27(26)37(31)19-21-7-10-25(11-8-21)43(40)41-14-13-29(42-43)23-5-4-6-24(32)17-23/h4-12,15-17,29H,3,13-14,19H2,1-2H3,(H,34,35,39). The van der Waals surface area contributed by atoms with Gasteiger partial charge in [-0.2, -0.15) is 10.4 Å². The van der Waals surface area contributed by atoms with Crippen molar-refractivity contribution in [3.8, 4) is 6.07 Å². The third-order valence-electron chi connectivity index (χ3n) is 7.26. The Morgan fingerprint density at radius 2 is 1.98 bits per heavy atom. The molecule has 2 atom stereocenters. The Kier molecular flexibility index (Phi) is 7.91. The van der Waals surface area contributed by atoms with Crippen LogP contribution >= 0.6 is 19.2 Å². The fourth-order valence-corrected chi connectivity index (χ4v) is 7.11. The van der Waals surface area contributed by atoms with Crippen molar-refractivity contribution in [2.24, 2.45) is 0 Å². The first kappa shape index (κ1) is 28.8. The Labute approximate surface area is 253 Å². The van der Waals surface area contributed by atoms with E-state index in [4.69, 9.17) is 20.6 Å². The fraction of sp³-hybridized carbons (Fsp3) is 0.226. The third-order valence-corrected chi connectivity index (χ3v) is 9.48. The predicted molar refractivity (Wildman–Crippen MR) is 164 cm³/mol. The Morgan fingerprint density at radius 3 is 2.72 bits per heavy atom. The van der Waals surface area contributed by atoms with Crippen LogP contribution in [0.2, 0.25) is 5.02 Å². The molecule has 3 heterocycles. The van der Waals surface area contributed by atoms with Crippen LogP contribution in [0.1, 0.15) is 52.3 Å². The number of hydrogen-bond acceptors (Lipinski definition) is 7. The summed E-state index contributed by atoms with van der Waals surface area (Å²) >= 11 is 6.16. The van der Waals surface area contributed by atoms with E-state index in [2.05, 4.69) is 21.5 Å². The molecule has 1 aliphatic heterocycles. The molecule has 0 bridgehead atoms. The number of nitrogens with one attached hydrogen (secondary N) is 1. The summed E-state index contributed by atoms with van der Waals surface area (Å²) < 4.78 is 29.0. The molecule has 3 aromatic carbocycles. The van der Waals surface area contributed by atoms with Gasteiger partial charge in [0.25, 0.3) is 5.91 Å². The second-order valence-electron chi connectivity index (χ2n) is 10.2. The largest absolute Gasteiger partial charge is 0.361 e. The summed E-state index contributed by atoms with van der Waals surface area (Å²) in [6, 6.07) is 23.6. The maximum absolute atomic E-state index is 13.8. The summed E-state index contributed by atoms with van der Waals surface area (Å²) in [7, 11) is -3.57. The van der Waals surface area contributed by atoms with E-state index in [0.29, 0.717) is 59.2 Å². The highest BCUT2D eigenvalue weighted by Gasteiger charge is 2.36. The number of amides is 1. The predicted octanol–water partition coefficient (Wildman–Crippen LogP) is 6.38. The lowest BCUT2D eigenvalue weighted by atomic mass is 10.1. The Bertz CT molecular complexity index is 1930. The normalized spacial score (nSPS) is 18.4. The zero-order chi connectivity index (χ0) is 30.1. The summed E-state index contributed by atoms with van der Waals surface area (Å²) in [4.78, 5) is 17.9. The van der Waals surface area contributed by atoms with Gasteiger partial charge in [-0.3, -0.25) is 23.9 Å². The van der Waals surface area contributed by atoms with E-state index < -0.39 is 13.7 Å². The number of carbonyl (C=O) groups excluding carboxylic acids is 1. The van der Waals surface area contributed by atoms with E-state index in [1.807, 2.05) is 54.8 Å². The molecule has 0 aliphatic carbocycles. The minimum Gasteiger partial charge on any atom is -0.305 e. The van der Waals surface area contributed by atoms with Crippen LogP contribution in [0, 0.1) is 18.3 Å². The molecule has 2 aromatic heterocycles. The van der Waals surface area contributed by atoms with Gasteiger partial charge in [-0.25, -0.2) is 4.98 Å². The van der Waals surface area contributed by atoms with Gasteiger partial charge in [0.05, 0.1) is 52.9 Å². The number of benzene rings is 3. The molecule has 43 heavy (non-hydrogen) atoms. The van der Waals surface area contributed by atoms with Crippen LogP contribution in [0.25, 0.3) is 11.0 Å². The third kappa shape index (κ3) is 5.85. The molecule has 1 fully saturated rings. The van der Waals surface area contributed by atoms with E-state index in [1.54, 1.807) is 41.1 Å². The maximum atomic E-state index is 13.8. The number of hydrogen-bond donors (Lipinski definition) is 1. The van der Waals surface area contributed by atoms with Crippen molar-refractivity contribution < 1.29 is 18.4 Å². The zero-order valence-electron chi connectivity index (χ0n) is 23.5. The molecule has 1 saturated heterocycles. The molecule has 5 aromatic rings. The Balaban J connectivity index is 1.28. The van der Waals surface area contributed by atoms with Crippen LogP contribution in [-0.2, 0) is 26.7 Å². The summed E-state index contributed by atoms with van der Waals surface area (Å²) in [6.45, 7) is 4.94. The number of rotatable bonds is 7. The first-order chi connectivity index (χ1) is 20.8. The van der Waals surface area contributed by atoms with Crippen LogP contribution in [0.4, 0.5) is 5.95 Å². The molecule has 1 amide bonds. The molecule has 6 rings (SSSR count). The molecule has 0 saturated carbocycles. The number of aromatic nitrogens is 4. The highest BCUT2D eigenvalue weighted by molar-refractivity contribution is 7.62. The van der Waals surface area contributed by atoms with Crippen LogP contribution in [-0.4, -0.2) is 31.8 Å². The molecule has 1 N–H and O–H groups in total. The minimum absolute atomic E-state index is 0.293. The van der Waals surface area contributed by atoms with Gasteiger partial charge in [0.1, 0.15) is 5.69 Å². The maximum Gasteiger partial charge on any atom is 0.361 e. The molecule has 12 heteroatoms. The van der Waals surface area contributed by atoms with Gasteiger partial charge in [-0.1, -0.05) is 35.9 Å². The topological polar surface area (TPSA) is 124 Å². The number of nitrogens with zero attached hydrogens (tertiary/aromatic N) is 5. The van der Waals surface area contributed by atoms with Crippen molar-refractivity contribution in [3.05, 3.63) is 106 Å². The number of carbonyl (C=O) groups is 1. The second kappa shape index (κ2) is 11.8. The lowest BCUT2D eigenvalue weighted by Crippen LogP contribution is -2.21. The van der Waals surface area contributed by atoms with Crippen LogP contribution in [0.15, 0.2) is 72.8 Å². The first-order valence-corrected chi connectivity index (χ1v) is 15.7. The van der Waals surface area contributed by atoms with Crippen LogP contribution in [0.5, 0.6) is 0 Å². The first-order valence-electron chi connectivity index (χ1n) is 13.8. The minimum atomic E-state index is -3.57. The van der Waals surface area contributed by atoms with Crippen molar-refractivity contribution in [2.75, 3.05) is 11.9 Å². The van der Waals surface area contributed by atoms with E-state index in [1.165, 1.54) is 0 Å². The van der Waals surface area contributed by atoms with Crippen LogP contribution in [0.3, 0.4) is 0 Å². The molecular weight excluding hydrogens is 587 g/mol. The van der Waals surface area contributed by atoms with E-state index in [0.717, 1.165) is 22.3 Å². The van der Waals surface area contributed by atoms with Gasteiger partial charge in [0, 0.05) is 18.0 Å². The SMILES string of the molecule is CCn1nc(C)cc1C(=O)Nc1nc2cc(C#N)ccc2n1Cc1ccc(P2(=O)OCCC(c3cccc(Cl)c3)O2)cc1. The smallest absolute Gasteiger partial charge is 0.305 e. The van der Waals surface area contributed by atoms with E-state index in [-0.39, 0.29) is 5.91 Å².